The Balaban J connectivity index is 2.28. The molecule has 0 heterocycles. The summed E-state index contributed by atoms with van der Waals surface area (Å²) in [6.45, 7) is 2.27. The Hall–Kier alpha value is -0.120. The summed E-state index contributed by atoms with van der Waals surface area (Å²) >= 11 is 0. The van der Waals surface area contributed by atoms with E-state index in [4.69, 9.17) is 10.2 Å². The van der Waals surface area contributed by atoms with Crippen molar-refractivity contribution in [2.75, 3.05) is 13.2 Å². The van der Waals surface area contributed by atoms with Crippen LogP contribution in [0.15, 0.2) is 0 Å². The summed E-state index contributed by atoms with van der Waals surface area (Å²) < 4.78 is 0. The summed E-state index contributed by atoms with van der Waals surface area (Å²) in [5.74, 6) is 0.686. The van der Waals surface area contributed by atoms with Crippen LogP contribution in [0.25, 0.3) is 0 Å². The molecule has 0 unspecified atom stereocenters. The topological polar surface area (TPSA) is 52.5 Å². The van der Waals surface area contributed by atoms with Crippen molar-refractivity contribution in [2.24, 2.45) is 5.92 Å². The number of rotatable bonds is 4. The Morgan fingerprint density at radius 1 is 1.33 bits per heavy atom. The Bertz CT molecular complexity index is 126. The lowest BCUT2D eigenvalue weighted by molar-refractivity contribution is 0.157. The summed E-state index contributed by atoms with van der Waals surface area (Å²) in [4.78, 5) is 0. The van der Waals surface area contributed by atoms with E-state index in [2.05, 4.69) is 12.2 Å². The third-order valence-electron chi connectivity index (χ3n) is 2.75. The van der Waals surface area contributed by atoms with Crippen LogP contribution in [-0.2, 0) is 0 Å². The van der Waals surface area contributed by atoms with E-state index in [0.717, 1.165) is 0 Å². The van der Waals surface area contributed by atoms with Gasteiger partial charge in [0.15, 0.2) is 0 Å². The number of nitrogens with one attached hydrogen (secondary N) is 1. The predicted molar refractivity (Wildman–Crippen MR) is 47.9 cm³/mol. The Morgan fingerprint density at radius 3 is 2.42 bits per heavy atom. The molecule has 3 heteroatoms. The first kappa shape index (κ1) is 9.96. The van der Waals surface area contributed by atoms with Gasteiger partial charge in [-0.3, -0.25) is 0 Å². The third-order valence-corrected chi connectivity index (χ3v) is 2.75. The highest BCUT2D eigenvalue weighted by Gasteiger charge is 2.24. The van der Waals surface area contributed by atoms with Crippen LogP contribution in [0.1, 0.15) is 26.2 Å². The molecule has 0 aromatic carbocycles. The number of aliphatic hydroxyl groups is 2. The van der Waals surface area contributed by atoms with E-state index >= 15 is 0 Å². The maximum Gasteiger partial charge on any atom is 0.0607 e. The molecular weight excluding hydrogens is 154 g/mol. The second kappa shape index (κ2) is 4.80. The quantitative estimate of drug-likeness (QED) is 0.566. The number of aliphatic hydroxyl groups excluding tert-OH is 2. The fourth-order valence-electron chi connectivity index (χ4n) is 1.86. The lowest BCUT2D eigenvalue weighted by Crippen LogP contribution is -2.43. The second-order valence-corrected chi connectivity index (χ2v) is 3.74. The van der Waals surface area contributed by atoms with Crippen molar-refractivity contribution >= 4 is 0 Å². The first-order valence-corrected chi connectivity index (χ1v) is 4.75. The highest BCUT2D eigenvalue weighted by molar-refractivity contribution is 4.82. The molecule has 0 saturated heterocycles. The van der Waals surface area contributed by atoms with Crippen molar-refractivity contribution < 1.29 is 10.2 Å². The van der Waals surface area contributed by atoms with Crippen LogP contribution in [0.3, 0.4) is 0 Å². The monoisotopic (exact) mass is 173 g/mol. The largest absolute Gasteiger partial charge is 0.395 e. The molecule has 1 rings (SSSR count). The van der Waals surface area contributed by atoms with E-state index in [1.165, 1.54) is 19.3 Å². The Kier molecular flexibility index (Phi) is 3.98. The van der Waals surface area contributed by atoms with E-state index < -0.39 is 0 Å². The SMILES string of the molecule is C[C@@H]1CCC[C@@H]1NC(CO)CO. The zero-order valence-electron chi connectivity index (χ0n) is 7.66. The van der Waals surface area contributed by atoms with Crippen LogP contribution < -0.4 is 5.32 Å². The second-order valence-electron chi connectivity index (χ2n) is 3.74. The molecule has 1 aliphatic rings. The smallest absolute Gasteiger partial charge is 0.0607 e. The molecule has 0 amide bonds. The molecule has 2 atom stereocenters. The zero-order chi connectivity index (χ0) is 8.97. The van der Waals surface area contributed by atoms with E-state index in [0.29, 0.717) is 12.0 Å². The number of hydrogen-bond acceptors (Lipinski definition) is 3. The molecule has 3 nitrogen and oxygen atoms in total. The van der Waals surface area contributed by atoms with E-state index in [1.807, 2.05) is 0 Å². The van der Waals surface area contributed by atoms with Gasteiger partial charge in [-0.2, -0.15) is 0 Å². The zero-order valence-corrected chi connectivity index (χ0v) is 7.66. The minimum absolute atomic E-state index is 0.0275. The van der Waals surface area contributed by atoms with Gasteiger partial charge in [-0.25, -0.2) is 0 Å². The highest BCUT2D eigenvalue weighted by Crippen LogP contribution is 2.24. The molecule has 0 bridgehead atoms. The van der Waals surface area contributed by atoms with Gasteiger partial charge in [0.25, 0.3) is 0 Å². The molecule has 1 saturated carbocycles. The van der Waals surface area contributed by atoms with Crippen LogP contribution in [0.5, 0.6) is 0 Å². The Morgan fingerprint density at radius 2 is 2.00 bits per heavy atom. The summed E-state index contributed by atoms with van der Waals surface area (Å²) in [6.07, 6.45) is 3.71. The maximum atomic E-state index is 8.85. The van der Waals surface area contributed by atoms with Crippen LogP contribution in [0, 0.1) is 5.92 Å². The van der Waals surface area contributed by atoms with Gasteiger partial charge in [-0.1, -0.05) is 13.3 Å². The van der Waals surface area contributed by atoms with Crippen LogP contribution in [-0.4, -0.2) is 35.5 Å². The summed E-state index contributed by atoms with van der Waals surface area (Å²) in [5.41, 5.74) is 0. The van der Waals surface area contributed by atoms with Gasteiger partial charge in [0.05, 0.1) is 19.3 Å². The van der Waals surface area contributed by atoms with Crippen molar-refractivity contribution in [3.05, 3.63) is 0 Å². The molecular formula is C9H19NO2. The van der Waals surface area contributed by atoms with Crippen LogP contribution in [0.2, 0.25) is 0 Å². The first-order valence-electron chi connectivity index (χ1n) is 4.75. The van der Waals surface area contributed by atoms with Crippen LogP contribution >= 0.6 is 0 Å². The van der Waals surface area contributed by atoms with Crippen molar-refractivity contribution in [3.8, 4) is 0 Å². The summed E-state index contributed by atoms with van der Waals surface area (Å²) in [5, 5.41) is 21.0. The maximum absolute atomic E-state index is 8.85. The molecule has 0 aliphatic heterocycles. The van der Waals surface area contributed by atoms with Crippen molar-refractivity contribution in [2.45, 2.75) is 38.3 Å². The molecule has 12 heavy (non-hydrogen) atoms. The normalized spacial score (nSPS) is 30.0. The van der Waals surface area contributed by atoms with E-state index in [9.17, 15) is 0 Å². The fourth-order valence-corrected chi connectivity index (χ4v) is 1.86. The van der Waals surface area contributed by atoms with Gasteiger partial charge in [0.2, 0.25) is 0 Å². The lowest BCUT2D eigenvalue weighted by Gasteiger charge is -2.22. The predicted octanol–water partition coefficient (Wildman–Crippen LogP) is 0.118. The molecule has 1 fully saturated rings. The minimum Gasteiger partial charge on any atom is -0.395 e. The fraction of sp³-hybridized carbons (Fsp3) is 1.00. The van der Waals surface area contributed by atoms with Gasteiger partial charge in [0.1, 0.15) is 0 Å². The molecule has 0 spiro atoms. The third kappa shape index (κ3) is 2.44. The van der Waals surface area contributed by atoms with Crippen molar-refractivity contribution in [1.82, 2.24) is 5.32 Å². The van der Waals surface area contributed by atoms with Gasteiger partial charge in [0, 0.05) is 6.04 Å². The molecule has 0 radical (unpaired) electrons. The van der Waals surface area contributed by atoms with Crippen molar-refractivity contribution in [1.29, 1.82) is 0 Å². The average Bonchev–Trinajstić information content (AvgIpc) is 2.47. The summed E-state index contributed by atoms with van der Waals surface area (Å²) in [6, 6.07) is 0.366. The van der Waals surface area contributed by atoms with Gasteiger partial charge in [-0.15, -0.1) is 0 Å². The molecule has 1 aliphatic carbocycles. The van der Waals surface area contributed by atoms with Crippen molar-refractivity contribution in [3.63, 3.8) is 0 Å². The molecule has 3 N–H and O–H groups in total. The lowest BCUT2D eigenvalue weighted by atomic mass is 10.1. The molecule has 0 aromatic heterocycles. The van der Waals surface area contributed by atoms with Gasteiger partial charge in [-0.05, 0) is 18.8 Å². The highest BCUT2D eigenvalue weighted by atomic mass is 16.3. The van der Waals surface area contributed by atoms with Gasteiger partial charge < -0.3 is 15.5 Å². The van der Waals surface area contributed by atoms with E-state index in [1.54, 1.807) is 0 Å². The van der Waals surface area contributed by atoms with Gasteiger partial charge >= 0.3 is 0 Å². The summed E-state index contributed by atoms with van der Waals surface area (Å²) in [7, 11) is 0. The van der Waals surface area contributed by atoms with Crippen LogP contribution in [0.4, 0.5) is 0 Å². The average molecular weight is 173 g/mol. The minimum atomic E-state index is -0.129. The number of hydrogen-bond donors (Lipinski definition) is 3. The molecule has 0 aromatic rings. The van der Waals surface area contributed by atoms with E-state index in [-0.39, 0.29) is 19.3 Å². The Labute approximate surface area is 73.8 Å². The first-order chi connectivity index (χ1) is 5.77. The molecule has 72 valence electrons. The standard InChI is InChI=1S/C9H19NO2/c1-7-3-2-4-9(7)10-8(5-11)6-12/h7-12H,2-6H2,1H3/t7-,9+/m1/s1.